The molecule has 0 heterocycles. The number of nitrogens with one attached hydrogen (secondary N) is 1. The lowest BCUT2D eigenvalue weighted by Crippen LogP contribution is -2.26. The number of alkyl halides is 1. The van der Waals surface area contributed by atoms with Gasteiger partial charge in [-0.2, -0.15) is 0 Å². The molecule has 4 nitrogen and oxygen atoms in total. The van der Waals surface area contributed by atoms with Crippen molar-refractivity contribution < 1.29 is 13.2 Å². The van der Waals surface area contributed by atoms with E-state index < -0.39 is 15.2 Å². The second kappa shape index (κ2) is 6.59. The van der Waals surface area contributed by atoms with Gasteiger partial charge in [-0.15, -0.1) is 11.6 Å². The highest BCUT2D eigenvalue weighted by Gasteiger charge is 2.05. The summed E-state index contributed by atoms with van der Waals surface area (Å²) in [6, 6.07) is 0. The van der Waals surface area contributed by atoms with E-state index in [-0.39, 0.29) is 6.10 Å². The van der Waals surface area contributed by atoms with Gasteiger partial charge in [-0.3, -0.25) is 0 Å². The maximum absolute atomic E-state index is 10.8. The molecule has 80 valence electrons. The predicted octanol–water partition coefficient (Wildman–Crippen LogP) is 0.917. The van der Waals surface area contributed by atoms with Crippen LogP contribution in [-0.4, -0.2) is 32.9 Å². The molecule has 0 rings (SSSR count). The van der Waals surface area contributed by atoms with Crippen molar-refractivity contribution in [2.45, 2.75) is 26.4 Å². The molecule has 6 heteroatoms. The van der Waals surface area contributed by atoms with Crippen molar-refractivity contribution in [3.63, 3.8) is 0 Å². The Labute approximate surface area is 84.7 Å². The first-order valence-corrected chi connectivity index (χ1v) is 6.31. The maximum atomic E-state index is 10.8. The fourth-order valence-electron chi connectivity index (χ4n) is 0.657. The lowest BCUT2D eigenvalue weighted by Gasteiger charge is -2.07. The average molecular weight is 230 g/mol. The molecule has 0 aromatic rings. The third kappa shape index (κ3) is 8.49. The Morgan fingerprint density at radius 3 is 2.54 bits per heavy atom. The van der Waals surface area contributed by atoms with Crippen molar-refractivity contribution in [3.8, 4) is 0 Å². The molecule has 0 aliphatic heterocycles. The van der Waals surface area contributed by atoms with E-state index in [0.29, 0.717) is 19.6 Å². The van der Waals surface area contributed by atoms with E-state index in [1.807, 2.05) is 13.8 Å². The molecule has 0 aromatic heterocycles. The summed E-state index contributed by atoms with van der Waals surface area (Å²) in [4.78, 5) is 0. The lowest BCUT2D eigenvalue weighted by atomic mass is 10.4. The summed E-state index contributed by atoms with van der Waals surface area (Å²) >= 11 is 5.17. The Balaban J connectivity index is 3.37. The van der Waals surface area contributed by atoms with E-state index in [4.69, 9.17) is 16.3 Å². The first-order valence-electron chi connectivity index (χ1n) is 4.13. The normalized spacial score (nSPS) is 12.3. The number of sulfonamides is 1. The van der Waals surface area contributed by atoms with Gasteiger partial charge in [0.25, 0.3) is 0 Å². The Kier molecular flexibility index (Phi) is 6.67. The van der Waals surface area contributed by atoms with Crippen LogP contribution in [0.3, 0.4) is 0 Å². The summed E-state index contributed by atoms with van der Waals surface area (Å²) < 4.78 is 29.2. The minimum Gasteiger partial charge on any atom is -0.379 e. The first-order chi connectivity index (χ1) is 5.98. The minimum absolute atomic E-state index is 0.185. The number of hydrogen-bond acceptors (Lipinski definition) is 3. The molecule has 1 N–H and O–H groups in total. The Bertz CT molecular complexity index is 216. The van der Waals surface area contributed by atoms with Gasteiger partial charge in [0.15, 0.2) is 0 Å². The van der Waals surface area contributed by atoms with Crippen LogP contribution in [-0.2, 0) is 14.8 Å². The standard InChI is InChI=1S/C7H16ClNO3S/c1-7(2)12-5-3-4-9-13(10,11)6-8/h7,9H,3-6H2,1-2H3. The smallest absolute Gasteiger partial charge is 0.225 e. The van der Waals surface area contributed by atoms with Gasteiger partial charge < -0.3 is 4.74 Å². The van der Waals surface area contributed by atoms with Gasteiger partial charge in [-0.25, -0.2) is 13.1 Å². The highest BCUT2D eigenvalue weighted by Crippen LogP contribution is 1.91. The zero-order chi connectivity index (χ0) is 10.3. The molecule has 0 amide bonds. The van der Waals surface area contributed by atoms with Crippen molar-refractivity contribution in [1.29, 1.82) is 0 Å². The predicted molar refractivity (Wildman–Crippen MR) is 53.3 cm³/mol. The molecule has 0 atom stereocenters. The number of ether oxygens (including phenoxy) is 1. The van der Waals surface area contributed by atoms with Crippen molar-refractivity contribution in [2.24, 2.45) is 0 Å². The van der Waals surface area contributed by atoms with Crippen molar-refractivity contribution in [1.82, 2.24) is 4.72 Å². The molecule has 0 aliphatic rings. The summed E-state index contributed by atoms with van der Waals surface area (Å²) in [6.07, 6.45) is 0.846. The monoisotopic (exact) mass is 229 g/mol. The molecule has 0 saturated heterocycles. The van der Waals surface area contributed by atoms with Gasteiger partial charge in [0, 0.05) is 13.2 Å². The summed E-state index contributed by atoms with van der Waals surface area (Å²) in [5, 5.41) is -0.391. The third-order valence-electron chi connectivity index (χ3n) is 1.24. The van der Waals surface area contributed by atoms with Crippen LogP contribution in [0.5, 0.6) is 0 Å². The summed E-state index contributed by atoms with van der Waals surface area (Å²) in [5.74, 6) is 0. The summed E-state index contributed by atoms with van der Waals surface area (Å²) in [7, 11) is -3.26. The van der Waals surface area contributed by atoms with Gasteiger partial charge >= 0.3 is 0 Å². The zero-order valence-electron chi connectivity index (χ0n) is 7.92. The van der Waals surface area contributed by atoms with Gasteiger partial charge in [-0.05, 0) is 20.3 Å². The SMILES string of the molecule is CC(C)OCCCNS(=O)(=O)CCl. The lowest BCUT2D eigenvalue weighted by molar-refractivity contribution is 0.0778. The molecule has 0 bridgehead atoms. The first kappa shape index (κ1) is 13.2. The molecule has 0 unspecified atom stereocenters. The van der Waals surface area contributed by atoms with Crippen LogP contribution < -0.4 is 4.72 Å². The topological polar surface area (TPSA) is 55.4 Å². The molecular weight excluding hydrogens is 214 g/mol. The number of hydrogen-bond donors (Lipinski definition) is 1. The molecular formula is C7H16ClNO3S. The molecule has 0 spiro atoms. The second-order valence-corrected chi connectivity index (χ2v) is 5.28. The number of rotatable bonds is 7. The highest BCUT2D eigenvalue weighted by atomic mass is 35.5. The largest absolute Gasteiger partial charge is 0.379 e. The van der Waals surface area contributed by atoms with E-state index in [9.17, 15) is 8.42 Å². The van der Waals surface area contributed by atoms with Crippen LogP contribution in [0.1, 0.15) is 20.3 Å². The Hall–Kier alpha value is 0.160. The molecule has 0 aromatic carbocycles. The van der Waals surface area contributed by atoms with E-state index in [1.54, 1.807) is 0 Å². The van der Waals surface area contributed by atoms with E-state index in [2.05, 4.69) is 4.72 Å². The maximum Gasteiger partial charge on any atom is 0.225 e. The molecule has 13 heavy (non-hydrogen) atoms. The van der Waals surface area contributed by atoms with Gasteiger partial charge in [0.2, 0.25) is 10.0 Å². The fourth-order valence-corrected chi connectivity index (χ4v) is 1.42. The average Bonchev–Trinajstić information content (AvgIpc) is 2.03. The van der Waals surface area contributed by atoms with E-state index in [1.165, 1.54) is 0 Å². The Morgan fingerprint density at radius 2 is 2.08 bits per heavy atom. The zero-order valence-corrected chi connectivity index (χ0v) is 9.49. The molecule has 0 fully saturated rings. The van der Waals surface area contributed by atoms with Crippen LogP contribution in [0.25, 0.3) is 0 Å². The Morgan fingerprint density at radius 1 is 1.46 bits per heavy atom. The molecule has 0 saturated carbocycles. The van der Waals surface area contributed by atoms with E-state index >= 15 is 0 Å². The van der Waals surface area contributed by atoms with Gasteiger partial charge in [0.1, 0.15) is 5.21 Å². The van der Waals surface area contributed by atoms with Crippen LogP contribution >= 0.6 is 11.6 Å². The van der Waals surface area contributed by atoms with Crippen molar-refractivity contribution in [2.75, 3.05) is 18.4 Å². The summed E-state index contributed by atoms with van der Waals surface area (Å²) in [6.45, 7) is 4.80. The third-order valence-corrected chi connectivity index (χ3v) is 3.03. The van der Waals surface area contributed by atoms with Gasteiger partial charge in [-0.1, -0.05) is 0 Å². The second-order valence-electron chi connectivity index (χ2n) is 2.89. The molecule has 0 radical (unpaired) electrons. The summed E-state index contributed by atoms with van der Waals surface area (Å²) in [5.41, 5.74) is 0. The fraction of sp³-hybridized carbons (Fsp3) is 1.00. The van der Waals surface area contributed by atoms with E-state index in [0.717, 1.165) is 0 Å². The van der Waals surface area contributed by atoms with Crippen LogP contribution in [0, 0.1) is 0 Å². The van der Waals surface area contributed by atoms with Crippen LogP contribution in [0.2, 0.25) is 0 Å². The molecule has 0 aliphatic carbocycles. The van der Waals surface area contributed by atoms with Crippen LogP contribution in [0.4, 0.5) is 0 Å². The van der Waals surface area contributed by atoms with Crippen LogP contribution in [0.15, 0.2) is 0 Å². The number of halogens is 1. The highest BCUT2D eigenvalue weighted by molar-refractivity contribution is 7.90. The van der Waals surface area contributed by atoms with Crippen molar-refractivity contribution >= 4 is 21.6 Å². The quantitative estimate of drug-likeness (QED) is 0.522. The van der Waals surface area contributed by atoms with Gasteiger partial charge in [0.05, 0.1) is 6.10 Å². The van der Waals surface area contributed by atoms with Crippen molar-refractivity contribution in [3.05, 3.63) is 0 Å². The minimum atomic E-state index is -3.26.